The Kier molecular flexibility index (Phi) is 3.83. The van der Waals surface area contributed by atoms with Crippen LogP contribution in [0, 0.1) is 5.82 Å². The number of amides is 1. The summed E-state index contributed by atoms with van der Waals surface area (Å²) in [6.07, 6.45) is 4.96. The van der Waals surface area contributed by atoms with Gasteiger partial charge in [-0.05, 0) is 49.1 Å². The molecule has 1 aromatic carbocycles. The average Bonchev–Trinajstić information content (AvgIpc) is 3.02. The Morgan fingerprint density at radius 2 is 2.10 bits per heavy atom. The van der Waals surface area contributed by atoms with Gasteiger partial charge in [-0.2, -0.15) is 0 Å². The van der Waals surface area contributed by atoms with E-state index in [1.54, 1.807) is 12.1 Å². The zero-order valence-corrected chi connectivity index (χ0v) is 11.4. The van der Waals surface area contributed by atoms with Gasteiger partial charge in [0, 0.05) is 13.1 Å². The minimum absolute atomic E-state index is 0.00997. The molecule has 3 rings (SSSR count). The predicted octanol–water partition coefficient (Wildman–Crippen LogP) is 2.19. The first kappa shape index (κ1) is 13.3. The normalized spacial score (nSPS) is 22.8. The highest BCUT2D eigenvalue weighted by Crippen LogP contribution is 2.23. The monoisotopic (exact) mass is 274 g/mol. The Balaban J connectivity index is 1.65. The van der Waals surface area contributed by atoms with Crippen molar-refractivity contribution in [3.63, 3.8) is 0 Å². The molecule has 106 valence electrons. The molecule has 0 saturated carbocycles. The highest BCUT2D eigenvalue weighted by atomic mass is 19.1. The van der Waals surface area contributed by atoms with Gasteiger partial charge in [0.05, 0.1) is 6.04 Å². The lowest BCUT2D eigenvalue weighted by atomic mass is 9.99. The molecule has 1 aromatic rings. The minimum Gasteiger partial charge on any atom is -0.337 e. The van der Waals surface area contributed by atoms with Gasteiger partial charge in [-0.15, -0.1) is 0 Å². The Labute approximate surface area is 118 Å². The standard InChI is InChI=1S/C16H19FN2O/c17-14-5-3-12(4-6-14)13-7-10-19(11-8-13)16(20)15-2-1-9-18-15/h3-7,15,18H,1-2,8-11H2/t15-/m0/s1. The zero-order chi connectivity index (χ0) is 13.9. The largest absolute Gasteiger partial charge is 0.337 e. The zero-order valence-electron chi connectivity index (χ0n) is 11.4. The number of rotatable bonds is 2. The second kappa shape index (κ2) is 5.75. The molecule has 4 heteroatoms. The maximum Gasteiger partial charge on any atom is 0.239 e. The summed E-state index contributed by atoms with van der Waals surface area (Å²) in [5, 5.41) is 3.25. The summed E-state index contributed by atoms with van der Waals surface area (Å²) < 4.78 is 12.9. The molecule has 1 atom stereocenters. The first-order chi connectivity index (χ1) is 9.74. The number of carbonyl (C=O) groups is 1. The number of nitrogens with zero attached hydrogens (tertiary/aromatic N) is 1. The molecule has 2 aliphatic rings. The molecule has 0 bridgehead atoms. The van der Waals surface area contributed by atoms with E-state index >= 15 is 0 Å². The van der Waals surface area contributed by atoms with Crippen LogP contribution in [-0.2, 0) is 4.79 Å². The molecule has 1 N–H and O–H groups in total. The molecular weight excluding hydrogens is 255 g/mol. The van der Waals surface area contributed by atoms with Gasteiger partial charge >= 0.3 is 0 Å². The van der Waals surface area contributed by atoms with Crippen molar-refractivity contribution in [2.24, 2.45) is 0 Å². The van der Waals surface area contributed by atoms with Gasteiger partial charge in [-0.3, -0.25) is 4.79 Å². The third-order valence-corrected chi connectivity index (χ3v) is 4.09. The summed E-state index contributed by atoms with van der Waals surface area (Å²) in [4.78, 5) is 14.2. The van der Waals surface area contributed by atoms with Crippen LogP contribution in [0.3, 0.4) is 0 Å². The number of carbonyl (C=O) groups excluding carboxylic acids is 1. The molecule has 1 fully saturated rings. The Morgan fingerprint density at radius 1 is 1.30 bits per heavy atom. The highest BCUT2D eigenvalue weighted by molar-refractivity contribution is 5.83. The average molecular weight is 274 g/mol. The van der Waals surface area contributed by atoms with Crippen molar-refractivity contribution in [2.45, 2.75) is 25.3 Å². The van der Waals surface area contributed by atoms with Crippen LogP contribution in [0.2, 0.25) is 0 Å². The Morgan fingerprint density at radius 3 is 2.70 bits per heavy atom. The molecule has 0 spiro atoms. The summed E-state index contributed by atoms with van der Waals surface area (Å²) in [6, 6.07) is 6.58. The SMILES string of the molecule is O=C([C@@H]1CCCN1)N1CC=C(c2ccc(F)cc2)CC1. The van der Waals surface area contributed by atoms with E-state index in [0.29, 0.717) is 6.54 Å². The van der Waals surface area contributed by atoms with Crippen molar-refractivity contribution in [1.82, 2.24) is 10.2 Å². The van der Waals surface area contributed by atoms with Crippen LogP contribution in [0.1, 0.15) is 24.8 Å². The third kappa shape index (κ3) is 2.75. The van der Waals surface area contributed by atoms with Crippen molar-refractivity contribution < 1.29 is 9.18 Å². The fourth-order valence-electron chi connectivity index (χ4n) is 2.91. The van der Waals surface area contributed by atoms with E-state index in [-0.39, 0.29) is 17.8 Å². The molecule has 1 saturated heterocycles. The summed E-state index contributed by atoms with van der Waals surface area (Å²) in [5.74, 6) is 0.00572. The van der Waals surface area contributed by atoms with E-state index in [1.807, 2.05) is 4.90 Å². The van der Waals surface area contributed by atoms with Crippen LogP contribution in [0.5, 0.6) is 0 Å². The summed E-state index contributed by atoms with van der Waals surface area (Å²) in [5.41, 5.74) is 2.26. The summed E-state index contributed by atoms with van der Waals surface area (Å²) in [6.45, 7) is 2.35. The molecule has 0 unspecified atom stereocenters. The first-order valence-corrected chi connectivity index (χ1v) is 7.21. The van der Waals surface area contributed by atoms with Crippen molar-refractivity contribution in [1.29, 1.82) is 0 Å². The van der Waals surface area contributed by atoms with Gasteiger partial charge in [-0.25, -0.2) is 4.39 Å². The molecule has 0 radical (unpaired) electrons. The van der Waals surface area contributed by atoms with E-state index in [0.717, 1.165) is 37.9 Å². The van der Waals surface area contributed by atoms with Gasteiger partial charge in [0.15, 0.2) is 0 Å². The third-order valence-electron chi connectivity index (χ3n) is 4.09. The fraction of sp³-hybridized carbons (Fsp3) is 0.438. The first-order valence-electron chi connectivity index (χ1n) is 7.21. The maximum absolute atomic E-state index is 12.9. The van der Waals surface area contributed by atoms with E-state index in [4.69, 9.17) is 0 Å². The van der Waals surface area contributed by atoms with E-state index < -0.39 is 0 Å². The van der Waals surface area contributed by atoms with Crippen LogP contribution in [0.15, 0.2) is 30.3 Å². The summed E-state index contributed by atoms with van der Waals surface area (Å²) >= 11 is 0. The molecular formula is C16H19FN2O. The predicted molar refractivity (Wildman–Crippen MR) is 76.6 cm³/mol. The van der Waals surface area contributed by atoms with Crippen LogP contribution in [-0.4, -0.2) is 36.5 Å². The van der Waals surface area contributed by atoms with Crippen LogP contribution < -0.4 is 5.32 Å². The van der Waals surface area contributed by atoms with Crippen molar-refractivity contribution in [2.75, 3.05) is 19.6 Å². The highest BCUT2D eigenvalue weighted by Gasteiger charge is 2.27. The molecule has 1 amide bonds. The minimum atomic E-state index is -0.214. The van der Waals surface area contributed by atoms with Crippen molar-refractivity contribution in [3.05, 3.63) is 41.7 Å². The lowest BCUT2D eigenvalue weighted by Crippen LogP contribution is -2.45. The number of hydrogen-bond acceptors (Lipinski definition) is 2. The van der Waals surface area contributed by atoms with E-state index in [1.165, 1.54) is 17.7 Å². The summed E-state index contributed by atoms with van der Waals surface area (Å²) in [7, 11) is 0. The number of halogens is 1. The Hall–Kier alpha value is -1.68. The van der Waals surface area contributed by atoms with E-state index in [9.17, 15) is 9.18 Å². The van der Waals surface area contributed by atoms with Crippen LogP contribution in [0.25, 0.3) is 5.57 Å². The molecule has 0 aliphatic carbocycles. The molecule has 3 nitrogen and oxygen atoms in total. The molecule has 20 heavy (non-hydrogen) atoms. The van der Waals surface area contributed by atoms with Gasteiger partial charge in [0.2, 0.25) is 5.91 Å². The van der Waals surface area contributed by atoms with Crippen LogP contribution >= 0.6 is 0 Å². The Bertz CT molecular complexity index is 518. The smallest absolute Gasteiger partial charge is 0.239 e. The maximum atomic E-state index is 12.9. The lowest BCUT2D eigenvalue weighted by Gasteiger charge is -2.29. The number of hydrogen-bond donors (Lipinski definition) is 1. The fourth-order valence-corrected chi connectivity index (χ4v) is 2.91. The second-order valence-corrected chi connectivity index (χ2v) is 5.42. The molecule has 2 heterocycles. The van der Waals surface area contributed by atoms with Gasteiger partial charge in [0.25, 0.3) is 0 Å². The molecule has 0 aromatic heterocycles. The van der Waals surface area contributed by atoms with Gasteiger partial charge < -0.3 is 10.2 Å². The van der Waals surface area contributed by atoms with Gasteiger partial charge in [-0.1, -0.05) is 18.2 Å². The lowest BCUT2D eigenvalue weighted by molar-refractivity contribution is -0.132. The van der Waals surface area contributed by atoms with E-state index in [2.05, 4.69) is 11.4 Å². The number of benzene rings is 1. The van der Waals surface area contributed by atoms with Gasteiger partial charge in [0.1, 0.15) is 5.82 Å². The topological polar surface area (TPSA) is 32.3 Å². The molecule has 2 aliphatic heterocycles. The quantitative estimate of drug-likeness (QED) is 0.896. The van der Waals surface area contributed by atoms with Crippen molar-refractivity contribution >= 4 is 11.5 Å². The number of nitrogens with one attached hydrogen (secondary N) is 1. The van der Waals surface area contributed by atoms with Crippen molar-refractivity contribution in [3.8, 4) is 0 Å². The second-order valence-electron chi connectivity index (χ2n) is 5.42. The van der Waals surface area contributed by atoms with Crippen LogP contribution in [0.4, 0.5) is 4.39 Å².